The summed E-state index contributed by atoms with van der Waals surface area (Å²) in [6.45, 7) is 7.33. The van der Waals surface area contributed by atoms with Crippen molar-refractivity contribution in [3.63, 3.8) is 0 Å². The summed E-state index contributed by atoms with van der Waals surface area (Å²) in [4.78, 5) is 13.3. The Labute approximate surface area is 105 Å². The molecule has 0 radical (unpaired) electrons. The van der Waals surface area contributed by atoms with E-state index in [1.54, 1.807) is 0 Å². The van der Waals surface area contributed by atoms with Gasteiger partial charge in [-0.3, -0.25) is 4.79 Å². The van der Waals surface area contributed by atoms with Crippen molar-refractivity contribution in [2.45, 2.75) is 70.5 Å². The largest absolute Gasteiger partial charge is 0.336 e. The van der Waals surface area contributed by atoms with Gasteiger partial charge in [0.25, 0.3) is 0 Å². The smallest absolute Gasteiger partial charge is 0.210 e. The van der Waals surface area contributed by atoms with E-state index < -0.39 is 0 Å². The molecule has 98 valence electrons. The van der Waals surface area contributed by atoms with Gasteiger partial charge in [-0.2, -0.15) is 0 Å². The van der Waals surface area contributed by atoms with Crippen molar-refractivity contribution in [3.05, 3.63) is 0 Å². The van der Waals surface area contributed by atoms with E-state index in [1.165, 1.54) is 32.1 Å². The molecule has 0 bridgehead atoms. The molecule has 3 nitrogen and oxygen atoms in total. The number of hydrogen-bond donors (Lipinski definition) is 1. The molecule has 0 aromatic carbocycles. The van der Waals surface area contributed by atoms with Gasteiger partial charge in [0.1, 0.15) is 0 Å². The number of nitrogens with zero attached hydrogens (tertiary/aromatic N) is 1. The third kappa shape index (κ3) is 2.82. The van der Waals surface area contributed by atoms with E-state index >= 15 is 0 Å². The van der Waals surface area contributed by atoms with Crippen LogP contribution in [0.1, 0.15) is 52.9 Å². The minimum atomic E-state index is -0.0599. The molecule has 1 N–H and O–H groups in total. The van der Waals surface area contributed by atoms with E-state index in [-0.39, 0.29) is 5.54 Å². The molecule has 0 aromatic heterocycles. The Balaban J connectivity index is 2.01. The molecule has 1 heterocycles. The zero-order valence-corrected chi connectivity index (χ0v) is 11.4. The normalized spacial score (nSPS) is 33.9. The van der Waals surface area contributed by atoms with Gasteiger partial charge < -0.3 is 10.2 Å². The maximum absolute atomic E-state index is 11.3. The highest BCUT2D eigenvalue weighted by Gasteiger charge is 2.36. The van der Waals surface area contributed by atoms with Gasteiger partial charge in [0.05, 0.1) is 0 Å². The van der Waals surface area contributed by atoms with E-state index in [4.69, 9.17) is 0 Å². The Bertz CT molecular complexity index is 272. The maximum atomic E-state index is 11.3. The first kappa shape index (κ1) is 12.9. The predicted molar refractivity (Wildman–Crippen MR) is 69.8 cm³/mol. The van der Waals surface area contributed by atoms with Crippen LogP contribution in [-0.2, 0) is 4.79 Å². The van der Waals surface area contributed by atoms with E-state index in [0.717, 1.165) is 18.9 Å². The highest BCUT2D eigenvalue weighted by Crippen LogP contribution is 2.33. The number of rotatable bonds is 2. The summed E-state index contributed by atoms with van der Waals surface area (Å²) in [7, 11) is 0. The van der Waals surface area contributed by atoms with Crippen LogP contribution < -0.4 is 5.32 Å². The Morgan fingerprint density at radius 2 is 1.94 bits per heavy atom. The Kier molecular flexibility index (Phi) is 3.76. The number of nitrogens with one attached hydrogen (secondary N) is 1. The van der Waals surface area contributed by atoms with Crippen molar-refractivity contribution in [1.29, 1.82) is 0 Å². The van der Waals surface area contributed by atoms with Gasteiger partial charge >= 0.3 is 0 Å². The van der Waals surface area contributed by atoms with Crippen molar-refractivity contribution in [2.75, 3.05) is 6.54 Å². The second-order valence-corrected chi connectivity index (χ2v) is 6.63. The molecule has 1 aliphatic carbocycles. The second kappa shape index (κ2) is 4.97. The van der Waals surface area contributed by atoms with Crippen LogP contribution in [-0.4, -0.2) is 35.5 Å². The van der Waals surface area contributed by atoms with Crippen LogP contribution in [0.25, 0.3) is 0 Å². The molecule has 1 amide bonds. The van der Waals surface area contributed by atoms with Crippen molar-refractivity contribution in [3.8, 4) is 0 Å². The number of fused-ring (bicyclic) bond motifs is 1. The van der Waals surface area contributed by atoms with Gasteiger partial charge in [0.2, 0.25) is 6.41 Å². The fourth-order valence-electron chi connectivity index (χ4n) is 3.48. The third-order valence-corrected chi connectivity index (χ3v) is 4.38. The molecule has 1 aliphatic heterocycles. The maximum Gasteiger partial charge on any atom is 0.210 e. The van der Waals surface area contributed by atoms with Gasteiger partial charge in [0.15, 0.2) is 0 Å². The number of hydrogen-bond acceptors (Lipinski definition) is 2. The quantitative estimate of drug-likeness (QED) is 0.748. The van der Waals surface area contributed by atoms with Crippen LogP contribution in [0, 0.1) is 5.92 Å². The molecule has 3 heteroatoms. The van der Waals surface area contributed by atoms with Crippen molar-refractivity contribution >= 4 is 6.41 Å². The molecule has 0 aromatic rings. The minimum Gasteiger partial charge on any atom is -0.336 e. The lowest BCUT2D eigenvalue weighted by Crippen LogP contribution is -2.58. The molecule has 2 rings (SSSR count). The van der Waals surface area contributed by atoms with Crippen LogP contribution in [0.4, 0.5) is 0 Å². The molecule has 1 saturated heterocycles. The molecular formula is C14H26N2O. The molecule has 1 saturated carbocycles. The molecule has 17 heavy (non-hydrogen) atoms. The van der Waals surface area contributed by atoms with Crippen LogP contribution in [0.15, 0.2) is 0 Å². The molecular weight excluding hydrogens is 212 g/mol. The monoisotopic (exact) mass is 238 g/mol. The minimum absolute atomic E-state index is 0.0599. The summed E-state index contributed by atoms with van der Waals surface area (Å²) >= 11 is 0. The highest BCUT2D eigenvalue weighted by molar-refractivity contribution is 5.49. The summed E-state index contributed by atoms with van der Waals surface area (Å²) in [5, 5.41) is 3.66. The van der Waals surface area contributed by atoms with Crippen molar-refractivity contribution in [1.82, 2.24) is 10.2 Å². The first-order valence-corrected chi connectivity index (χ1v) is 6.99. The van der Waals surface area contributed by atoms with E-state index in [9.17, 15) is 4.79 Å². The molecule has 2 aliphatic rings. The lowest BCUT2D eigenvalue weighted by Gasteiger charge is -2.47. The average molecular weight is 238 g/mol. The standard InChI is InChI=1S/C14H26N2O/c1-14(2,3)16(10-17)12-8-11-6-4-5-7-13(11)15-9-12/h10-13,15H,4-9H2,1-3H3/t11-,12+,13-/m1/s1. The third-order valence-electron chi connectivity index (χ3n) is 4.38. The van der Waals surface area contributed by atoms with Gasteiger partial charge in [-0.15, -0.1) is 0 Å². The zero-order chi connectivity index (χ0) is 12.5. The Morgan fingerprint density at radius 3 is 2.59 bits per heavy atom. The topological polar surface area (TPSA) is 32.3 Å². The van der Waals surface area contributed by atoms with Crippen LogP contribution >= 0.6 is 0 Å². The number of amides is 1. The lowest BCUT2D eigenvalue weighted by atomic mass is 9.77. The Hall–Kier alpha value is -0.570. The number of piperidine rings is 1. The SMILES string of the molecule is CC(C)(C)N(C=O)[C@@H]1CN[C@@H]2CCCC[C@@H]2C1. The van der Waals surface area contributed by atoms with Crippen LogP contribution in [0.5, 0.6) is 0 Å². The zero-order valence-electron chi connectivity index (χ0n) is 11.4. The van der Waals surface area contributed by atoms with Crippen LogP contribution in [0.3, 0.4) is 0 Å². The van der Waals surface area contributed by atoms with Crippen LogP contribution in [0.2, 0.25) is 0 Å². The lowest BCUT2D eigenvalue weighted by molar-refractivity contribution is -0.126. The van der Waals surface area contributed by atoms with Gasteiger partial charge in [-0.25, -0.2) is 0 Å². The van der Waals surface area contributed by atoms with E-state index in [0.29, 0.717) is 12.1 Å². The fourth-order valence-corrected chi connectivity index (χ4v) is 3.48. The predicted octanol–water partition coefficient (Wildman–Crippen LogP) is 2.16. The van der Waals surface area contributed by atoms with E-state index in [2.05, 4.69) is 26.1 Å². The second-order valence-electron chi connectivity index (χ2n) is 6.63. The van der Waals surface area contributed by atoms with Gasteiger partial charge in [-0.1, -0.05) is 12.8 Å². The molecule has 0 spiro atoms. The highest BCUT2D eigenvalue weighted by atomic mass is 16.1. The number of carbonyl (C=O) groups is 1. The fraction of sp³-hybridized carbons (Fsp3) is 0.929. The van der Waals surface area contributed by atoms with E-state index in [1.807, 2.05) is 4.90 Å². The first-order chi connectivity index (χ1) is 8.02. The summed E-state index contributed by atoms with van der Waals surface area (Å²) < 4.78 is 0. The summed E-state index contributed by atoms with van der Waals surface area (Å²) in [5.41, 5.74) is -0.0599. The van der Waals surface area contributed by atoms with Crippen molar-refractivity contribution in [2.24, 2.45) is 5.92 Å². The summed E-state index contributed by atoms with van der Waals surface area (Å²) in [6, 6.07) is 1.10. The summed E-state index contributed by atoms with van der Waals surface area (Å²) in [6.07, 6.45) is 7.63. The number of carbonyl (C=O) groups excluding carboxylic acids is 1. The van der Waals surface area contributed by atoms with Crippen molar-refractivity contribution < 1.29 is 4.79 Å². The summed E-state index contributed by atoms with van der Waals surface area (Å²) in [5.74, 6) is 0.785. The molecule has 3 atom stereocenters. The molecule has 0 unspecified atom stereocenters. The van der Waals surface area contributed by atoms with Gasteiger partial charge in [-0.05, 0) is 46.0 Å². The first-order valence-electron chi connectivity index (χ1n) is 6.99. The molecule has 2 fully saturated rings. The van der Waals surface area contributed by atoms with Gasteiger partial charge in [0, 0.05) is 24.2 Å². The average Bonchev–Trinajstić information content (AvgIpc) is 2.28. The Morgan fingerprint density at radius 1 is 1.24 bits per heavy atom.